The van der Waals surface area contributed by atoms with Crippen LogP contribution in [-0.2, 0) is 9.84 Å². The van der Waals surface area contributed by atoms with Gasteiger partial charge in [0.25, 0.3) is 5.91 Å². The van der Waals surface area contributed by atoms with Crippen molar-refractivity contribution in [3.8, 4) is 0 Å². The van der Waals surface area contributed by atoms with E-state index in [1.54, 1.807) is 13.0 Å². The van der Waals surface area contributed by atoms with E-state index in [4.69, 9.17) is 0 Å². The maximum atomic E-state index is 11.4. The SMILES string of the molecule is Cc1cc(C(=O)NC/C=C/S(C)(=O)=O)n[nH]1. The number of amides is 1. The molecule has 6 nitrogen and oxygen atoms in total. The smallest absolute Gasteiger partial charge is 0.272 e. The van der Waals surface area contributed by atoms with Gasteiger partial charge in [-0.1, -0.05) is 6.08 Å². The number of hydrogen-bond acceptors (Lipinski definition) is 4. The molecule has 0 atom stereocenters. The zero-order valence-electron chi connectivity index (χ0n) is 9.02. The monoisotopic (exact) mass is 243 g/mol. The first kappa shape index (κ1) is 12.4. The van der Waals surface area contributed by atoms with Gasteiger partial charge >= 0.3 is 0 Å². The number of aromatic nitrogens is 2. The number of sulfone groups is 1. The quantitative estimate of drug-likeness (QED) is 0.779. The van der Waals surface area contributed by atoms with Crippen LogP contribution in [0.2, 0.25) is 0 Å². The molecule has 1 heterocycles. The second-order valence-electron chi connectivity index (χ2n) is 3.35. The molecule has 88 valence electrons. The van der Waals surface area contributed by atoms with E-state index in [1.807, 2.05) is 0 Å². The van der Waals surface area contributed by atoms with Crippen molar-refractivity contribution in [2.24, 2.45) is 0 Å². The highest BCUT2D eigenvalue weighted by Crippen LogP contribution is 1.96. The van der Waals surface area contributed by atoms with Crippen molar-refractivity contribution >= 4 is 15.7 Å². The molecule has 0 radical (unpaired) electrons. The summed E-state index contributed by atoms with van der Waals surface area (Å²) in [6.45, 7) is 1.94. The Labute approximate surface area is 93.7 Å². The van der Waals surface area contributed by atoms with E-state index in [0.717, 1.165) is 17.4 Å². The summed E-state index contributed by atoms with van der Waals surface area (Å²) in [6.07, 6.45) is 2.45. The van der Waals surface area contributed by atoms with E-state index in [2.05, 4.69) is 15.5 Å². The van der Waals surface area contributed by atoms with Crippen molar-refractivity contribution < 1.29 is 13.2 Å². The lowest BCUT2D eigenvalue weighted by molar-refractivity contribution is 0.0953. The van der Waals surface area contributed by atoms with Gasteiger partial charge in [-0.05, 0) is 13.0 Å². The normalized spacial score (nSPS) is 11.9. The molecule has 16 heavy (non-hydrogen) atoms. The second-order valence-corrected chi connectivity index (χ2v) is 5.28. The molecule has 7 heteroatoms. The van der Waals surface area contributed by atoms with Crippen LogP contribution in [0.3, 0.4) is 0 Å². The van der Waals surface area contributed by atoms with E-state index in [9.17, 15) is 13.2 Å². The van der Waals surface area contributed by atoms with Crippen molar-refractivity contribution in [2.75, 3.05) is 12.8 Å². The van der Waals surface area contributed by atoms with E-state index in [0.29, 0.717) is 0 Å². The topological polar surface area (TPSA) is 91.9 Å². The predicted octanol–water partition coefficient (Wildman–Crippen LogP) is 0.00622. The fourth-order valence-corrected chi connectivity index (χ4v) is 1.45. The number of carbonyl (C=O) groups excluding carboxylic acids is 1. The standard InChI is InChI=1S/C9H13N3O3S/c1-7-6-8(12-11-7)9(13)10-4-3-5-16(2,14)15/h3,5-6H,4H2,1-2H3,(H,10,13)(H,11,12)/b5-3+. The molecule has 1 amide bonds. The van der Waals surface area contributed by atoms with Gasteiger partial charge in [-0.15, -0.1) is 0 Å². The highest BCUT2D eigenvalue weighted by Gasteiger charge is 2.06. The molecule has 2 N–H and O–H groups in total. The second kappa shape index (κ2) is 4.93. The average molecular weight is 243 g/mol. The van der Waals surface area contributed by atoms with Gasteiger partial charge in [0.15, 0.2) is 9.84 Å². The molecule has 1 aromatic rings. The summed E-state index contributed by atoms with van der Waals surface area (Å²) in [5.74, 6) is -0.345. The first-order chi connectivity index (χ1) is 7.38. The predicted molar refractivity (Wildman–Crippen MR) is 59.6 cm³/mol. The Morgan fingerprint density at radius 3 is 2.81 bits per heavy atom. The summed E-state index contributed by atoms with van der Waals surface area (Å²) in [6, 6.07) is 1.61. The molecule has 0 saturated carbocycles. The number of aryl methyl sites for hydroxylation is 1. The van der Waals surface area contributed by atoms with Crippen LogP contribution in [0.25, 0.3) is 0 Å². The van der Waals surface area contributed by atoms with Crippen LogP contribution >= 0.6 is 0 Å². The lowest BCUT2D eigenvalue weighted by atomic mass is 10.3. The Bertz CT molecular complexity index is 502. The molecule has 0 aliphatic rings. The van der Waals surface area contributed by atoms with Crippen molar-refractivity contribution in [3.05, 3.63) is 28.9 Å². The summed E-state index contributed by atoms with van der Waals surface area (Å²) in [5, 5.41) is 9.96. The summed E-state index contributed by atoms with van der Waals surface area (Å²) < 4.78 is 21.5. The molecule has 0 aliphatic heterocycles. The van der Waals surface area contributed by atoms with Crippen LogP contribution in [-0.4, -0.2) is 37.3 Å². The highest BCUT2D eigenvalue weighted by atomic mass is 32.2. The number of hydrogen-bond donors (Lipinski definition) is 2. The van der Waals surface area contributed by atoms with Crippen molar-refractivity contribution in [3.63, 3.8) is 0 Å². The number of nitrogens with zero attached hydrogens (tertiary/aromatic N) is 1. The van der Waals surface area contributed by atoms with Crippen LogP contribution in [0.1, 0.15) is 16.2 Å². The molecule has 0 unspecified atom stereocenters. The minimum Gasteiger partial charge on any atom is -0.347 e. The highest BCUT2D eigenvalue weighted by molar-refractivity contribution is 7.93. The first-order valence-corrected chi connectivity index (χ1v) is 6.51. The third-order valence-corrected chi connectivity index (χ3v) is 2.35. The van der Waals surface area contributed by atoms with E-state index in [-0.39, 0.29) is 18.1 Å². The Morgan fingerprint density at radius 2 is 2.31 bits per heavy atom. The van der Waals surface area contributed by atoms with Gasteiger partial charge in [-0.3, -0.25) is 9.89 Å². The van der Waals surface area contributed by atoms with E-state index < -0.39 is 9.84 Å². The van der Waals surface area contributed by atoms with Gasteiger partial charge in [-0.25, -0.2) is 8.42 Å². The lowest BCUT2D eigenvalue weighted by Crippen LogP contribution is -2.23. The molecular weight excluding hydrogens is 230 g/mol. The molecule has 0 fully saturated rings. The first-order valence-electron chi connectivity index (χ1n) is 4.55. The van der Waals surface area contributed by atoms with Gasteiger partial charge in [0, 0.05) is 23.9 Å². The number of nitrogens with one attached hydrogen (secondary N) is 2. The molecule has 1 aromatic heterocycles. The number of aromatic amines is 1. The maximum absolute atomic E-state index is 11.4. The average Bonchev–Trinajstić information content (AvgIpc) is 2.57. The van der Waals surface area contributed by atoms with Crippen molar-refractivity contribution in [2.45, 2.75) is 6.92 Å². The maximum Gasteiger partial charge on any atom is 0.272 e. The zero-order chi connectivity index (χ0) is 12.2. The fraction of sp³-hybridized carbons (Fsp3) is 0.333. The van der Waals surface area contributed by atoms with Crippen molar-refractivity contribution in [1.29, 1.82) is 0 Å². The van der Waals surface area contributed by atoms with Crippen LogP contribution in [0.5, 0.6) is 0 Å². The number of carbonyl (C=O) groups is 1. The molecule has 1 rings (SSSR count). The summed E-state index contributed by atoms with van der Waals surface area (Å²) >= 11 is 0. The van der Waals surface area contributed by atoms with Crippen LogP contribution in [0.4, 0.5) is 0 Å². The van der Waals surface area contributed by atoms with Gasteiger partial charge in [0.2, 0.25) is 0 Å². The zero-order valence-corrected chi connectivity index (χ0v) is 9.84. The lowest BCUT2D eigenvalue weighted by Gasteiger charge is -1.97. The molecule has 0 aromatic carbocycles. The van der Waals surface area contributed by atoms with Crippen molar-refractivity contribution in [1.82, 2.24) is 15.5 Å². The summed E-state index contributed by atoms with van der Waals surface area (Å²) in [5.41, 5.74) is 1.07. The molecule has 0 spiro atoms. The number of rotatable bonds is 4. The van der Waals surface area contributed by atoms with Gasteiger partial charge in [0.1, 0.15) is 5.69 Å². The van der Waals surface area contributed by atoms with E-state index >= 15 is 0 Å². The minimum absolute atomic E-state index is 0.151. The van der Waals surface area contributed by atoms with Gasteiger partial charge in [-0.2, -0.15) is 5.10 Å². The molecule has 0 aliphatic carbocycles. The van der Waals surface area contributed by atoms with Gasteiger partial charge < -0.3 is 5.32 Å². The Kier molecular flexibility index (Phi) is 3.83. The van der Waals surface area contributed by atoms with E-state index in [1.165, 1.54) is 6.08 Å². The molecule has 0 bridgehead atoms. The largest absolute Gasteiger partial charge is 0.347 e. The van der Waals surface area contributed by atoms with Crippen LogP contribution < -0.4 is 5.32 Å². The third-order valence-electron chi connectivity index (χ3n) is 1.66. The molecular formula is C9H13N3O3S. The van der Waals surface area contributed by atoms with Crippen LogP contribution in [0.15, 0.2) is 17.6 Å². The van der Waals surface area contributed by atoms with Crippen LogP contribution in [0, 0.1) is 6.92 Å². The minimum atomic E-state index is -3.14. The Hall–Kier alpha value is -1.63. The van der Waals surface area contributed by atoms with Gasteiger partial charge in [0.05, 0.1) is 0 Å². The summed E-state index contributed by atoms with van der Waals surface area (Å²) in [4.78, 5) is 11.4. The Balaban J connectivity index is 2.46. The fourth-order valence-electron chi connectivity index (χ4n) is 0.999. The summed E-state index contributed by atoms with van der Waals surface area (Å²) in [7, 11) is -3.14. The Morgan fingerprint density at radius 1 is 1.62 bits per heavy atom. The molecule has 0 saturated heterocycles. The number of H-pyrrole nitrogens is 1. The third kappa shape index (κ3) is 4.26.